The van der Waals surface area contributed by atoms with Gasteiger partial charge in [0.1, 0.15) is 0 Å². The minimum Gasteiger partial charge on any atom is -0.195 e. The average Bonchev–Trinajstić information content (AvgIpc) is 1.61. The molecule has 57 valence electrons. The van der Waals surface area contributed by atoms with E-state index in [1.54, 1.807) is 0 Å². The van der Waals surface area contributed by atoms with E-state index >= 15 is 0 Å². The topological polar surface area (TPSA) is 54.0 Å². The van der Waals surface area contributed by atoms with E-state index in [2.05, 4.69) is 11.8 Å². The van der Waals surface area contributed by atoms with Crippen molar-refractivity contribution in [2.45, 2.75) is 25.5 Å². The van der Waals surface area contributed by atoms with Gasteiger partial charge in [0.05, 0.1) is 0 Å². The highest BCUT2D eigenvalue weighted by atomic mass is 32.2. The average molecular weight is 161 g/mol. The lowest BCUT2D eigenvalue weighted by molar-refractivity contribution is 0.397. The summed E-state index contributed by atoms with van der Waals surface area (Å²) in [5.41, 5.74) is 0. The van der Waals surface area contributed by atoms with Crippen LogP contribution in [0.1, 0.15) is 20.8 Å². The van der Waals surface area contributed by atoms with Gasteiger partial charge >= 0.3 is 10.1 Å². The molecule has 0 N–H and O–H groups in total. The maximum absolute atomic E-state index is 10.4. The van der Waals surface area contributed by atoms with Crippen molar-refractivity contribution in [2.75, 3.05) is 0 Å². The molecule has 0 spiro atoms. The van der Waals surface area contributed by atoms with Gasteiger partial charge in [-0.3, -0.25) is 0 Å². The van der Waals surface area contributed by atoms with E-state index in [9.17, 15) is 13.0 Å². The van der Waals surface area contributed by atoms with Gasteiger partial charge in [-0.15, -0.1) is 5.92 Å². The van der Waals surface area contributed by atoms with Crippen LogP contribution >= 0.6 is 0 Å². The van der Waals surface area contributed by atoms with Crippen LogP contribution in [0.15, 0.2) is 0 Å². The molecule has 0 aliphatic heterocycles. The lowest BCUT2D eigenvalue weighted by Gasteiger charge is -2.09. The molecule has 0 saturated heterocycles. The Bertz CT molecular complexity index is 263. The third-order valence-electron chi connectivity index (χ3n) is 1.05. The predicted octanol–water partition coefficient (Wildman–Crippen LogP) is 0.549. The molecule has 0 atom stereocenters. The molecule has 1 radical (unpaired) electrons. The van der Waals surface area contributed by atoms with Crippen molar-refractivity contribution in [2.24, 2.45) is 0 Å². The first-order valence-electron chi connectivity index (χ1n) is 2.70. The quantitative estimate of drug-likeness (QED) is 0.527. The minimum atomic E-state index is -4.29. The second-order valence-electron chi connectivity index (χ2n) is 2.34. The summed E-state index contributed by atoms with van der Waals surface area (Å²) in [5.74, 6) is 4.70. The fourth-order valence-corrected chi connectivity index (χ4v) is 0.591. The monoisotopic (exact) mass is 161 g/mol. The lowest BCUT2D eigenvalue weighted by atomic mass is 10.2. The van der Waals surface area contributed by atoms with Gasteiger partial charge in [0.25, 0.3) is 0 Å². The van der Waals surface area contributed by atoms with E-state index in [-0.39, 0.29) is 0 Å². The molecule has 0 heterocycles. The summed E-state index contributed by atoms with van der Waals surface area (Å²) in [6.07, 6.45) is 0. The Hall–Kier alpha value is -0.530. The first-order chi connectivity index (χ1) is 4.31. The Morgan fingerprint density at radius 1 is 1.30 bits per heavy atom. The Morgan fingerprint density at radius 3 is 1.80 bits per heavy atom. The molecule has 4 heteroatoms. The summed E-state index contributed by atoms with van der Waals surface area (Å²) in [7, 11) is -4.29. The maximum atomic E-state index is 10.4. The summed E-state index contributed by atoms with van der Waals surface area (Å²) >= 11 is 0. The van der Waals surface area contributed by atoms with E-state index in [0.717, 1.165) is 0 Å². The third-order valence-corrected chi connectivity index (χ3v) is 2.40. The van der Waals surface area contributed by atoms with Crippen molar-refractivity contribution >= 4 is 10.1 Å². The first-order valence-corrected chi connectivity index (χ1v) is 4.11. The molecule has 0 aliphatic carbocycles. The summed E-state index contributed by atoms with van der Waals surface area (Å²) in [5, 5.41) is 0. The van der Waals surface area contributed by atoms with Gasteiger partial charge in [-0.2, -0.15) is 8.42 Å². The molecule has 0 aliphatic rings. The second-order valence-corrected chi connectivity index (χ2v) is 4.27. The molecule has 0 saturated carbocycles. The van der Waals surface area contributed by atoms with Crippen LogP contribution in [0.2, 0.25) is 0 Å². The highest BCUT2D eigenvalue weighted by molar-refractivity contribution is 7.87. The van der Waals surface area contributed by atoms with Crippen molar-refractivity contribution in [3.05, 3.63) is 0 Å². The second kappa shape index (κ2) is 2.60. The van der Waals surface area contributed by atoms with Crippen LogP contribution < -0.4 is 0 Å². The highest BCUT2D eigenvalue weighted by Crippen LogP contribution is 2.12. The van der Waals surface area contributed by atoms with Gasteiger partial charge in [-0.1, -0.05) is 10.5 Å². The van der Waals surface area contributed by atoms with Gasteiger partial charge in [-0.05, 0) is 20.8 Å². The molecule has 0 unspecified atom stereocenters. The van der Waals surface area contributed by atoms with Crippen molar-refractivity contribution < 1.29 is 13.0 Å². The van der Waals surface area contributed by atoms with Crippen LogP contribution in [-0.4, -0.2) is 13.2 Å². The fourth-order valence-electron chi connectivity index (χ4n) is 0.364. The van der Waals surface area contributed by atoms with E-state index in [4.69, 9.17) is 0 Å². The van der Waals surface area contributed by atoms with E-state index < -0.39 is 14.9 Å². The molecule has 0 rings (SSSR count). The summed E-state index contributed by atoms with van der Waals surface area (Å²) in [6.45, 7) is 4.06. The Labute approximate surface area is 61.2 Å². The Morgan fingerprint density at radius 2 is 1.70 bits per heavy atom. The molecule has 10 heavy (non-hydrogen) atoms. The first kappa shape index (κ1) is 9.47. The van der Waals surface area contributed by atoms with Crippen LogP contribution in [0.5, 0.6) is 0 Å². The van der Waals surface area contributed by atoms with Crippen LogP contribution in [-0.2, 0) is 14.7 Å². The van der Waals surface area contributed by atoms with Crippen LogP contribution in [0.4, 0.5) is 0 Å². The number of hydrogen-bond donors (Lipinski definition) is 0. The van der Waals surface area contributed by atoms with Crippen LogP contribution in [0.3, 0.4) is 0 Å². The van der Waals surface area contributed by atoms with Gasteiger partial charge in [0, 0.05) is 0 Å². The highest BCUT2D eigenvalue weighted by Gasteiger charge is 2.31. The van der Waals surface area contributed by atoms with Crippen LogP contribution in [0, 0.1) is 11.8 Å². The molecule has 0 aromatic heterocycles. The number of hydrogen-bond acceptors (Lipinski definition) is 2. The number of rotatable bonds is 1. The smallest absolute Gasteiger partial charge is 0.195 e. The standard InChI is InChI=1S/C6H9O3S/c1-4-5-6(2,3)10(7,8)9/h1-3H3. The van der Waals surface area contributed by atoms with Crippen LogP contribution in [0.25, 0.3) is 0 Å². The summed E-state index contributed by atoms with van der Waals surface area (Å²) in [4.78, 5) is 0. The van der Waals surface area contributed by atoms with Crippen molar-refractivity contribution in [3.8, 4) is 11.8 Å². The van der Waals surface area contributed by atoms with E-state index in [1.807, 2.05) is 0 Å². The molecular weight excluding hydrogens is 152 g/mol. The van der Waals surface area contributed by atoms with Gasteiger partial charge in [-0.25, -0.2) is 0 Å². The van der Waals surface area contributed by atoms with Crippen molar-refractivity contribution in [1.82, 2.24) is 0 Å². The molecule has 3 nitrogen and oxygen atoms in total. The molecular formula is C6H9O3S. The Kier molecular flexibility index (Phi) is 2.47. The predicted molar refractivity (Wildman–Crippen MR) is 37.1 cm³/mol. The van der Waals surface area contributed by atoms with Gasteiger partial charge in [0.2, 0.25) is 0 Å². The lowest BCUT2D eigenvalue weighted by Crippen LogP contribution is -2.28. The van der Waals surface area contributed by atoms with Gasteiger partial charge in [0.15, 0.2) is 4.75 Å². The molecule has 0 amide bonds. The van der Waals surface area contributed by atoms with E-state index in [0.29, 0.717) is 0 Å². The minimum absolute atomic E-state index is 1.28. The molecule has 0 bridgehead atoms. The maximum Gasteiger partial charge on any atom is 0.311 e. The summed E-state index contributed by atoms with van der Waals surface area (Å²) in [6, 6.07) is 0. The Balaban J connectivity index is 4.89. The molecule has 0 aromatic rings. The van der Waals surface area contributed by atoms with Crippen molar-refractivity contribution in [1.29, 1.82) is 0 Å². The molecule has 0 fully saturated rings. The zero-order valence-corrected chi connectivity index (χ0v) is 6.95. The third kappa shape index (κ3) is 2.01. The molecule has 0 aromatic carbocycles. The zero-order valence-electron chi connectivity index (χ0n) is 6.13. The van der Waals surface area contributed by atoms with Gasteiger partial charge < -0.3 is 0 Å². The summed E-state index contributed by atoms with van der Waals surface area (Å²) < 4.78 is 29.7. The SMILES string of the molecule is CC#CC(C)(C)S([O])(=O)=O. The zero-order chi connectivity index (χ0) is 8.41. The fraction of sp³-hybridized carbons (Fsp3) is 0.667. The van der Waals surface area contributed by atoms with Crippen molar-refractivity contribution in [3.63, 3.8) is 0 Å². The van der Waals surface area contributed by atoms with E-state index in [1.165, 1.54) is 20.8 Å². The normalized spacial score (nSPS) is 12.0. The largest absolute Gasteiger partial charge is 0.311 e.